The van der Waals surface area contributed by atoms with Crippen molar-refractivity contribution in [2.75, 3.05) is 30.1 Å². The minimum absolute atomic E-state index is 0.0968. The maximum absolute atomic E-state index is 13.8. The van der Waals surface area contributed by atoms with E-state index in [9.17, 15) is 17.2 Å². The summed E-state index contributed by atoms with van der Waals surface area (Å²) in [4.78, 5) is 4.37. The van der Waals surface area contributed by atoms with Crippen LogP contribution in [0.15, 0.2) is 65.8 Å². The topological polar surface area (TPSA) is 149 Å². The summed E-state index contributed by atoms with van der Waals surface area (Å²) in [7, 11) is -6.81. The molecule has 0 bridgehead atoms. The van der Waals surface area contributed by atoms with Gasteiger partial charge in [-0.3, -0.25) is 9.27 Å². The lowest BCUT2D eigenvalue weighted by Gasteiger charge is -2.39. The lowest BCUT2D eigenvalue weighted by Crippen LogP contribution is -2.39. The van der Waals surface area contributed by atoms with Crippen molar-refractivity contribution in [2.24, 2.45) is 0 Å². The molecule has 0 unspecified atom stereocenters. The molecule has 4 aromatic rings. The van der Waals surface area contributed by atoms with E-state index in [1.807, 2.05) is 0 Å². The van der Waals surface area contributed by atoms with Gasteiger partial charge in [0.25, 0.3) is 0 Å². The molecule has 0 aliphatic heterocycles. The van der Waals surface area contributed by atoms with Crippen molar-refractivity contribution in [3.63, 3.8) is 0 Å². The van der Waals surface area contributed by atoms with Crippen molar-refractivity contribution in [2.45, 2.75) is 4.90 Å². The van der Waals surface area contributed by atoms with Crippen molar-refractivity contribution in [3.05, 3.63) is 60.9 Å². The number of aromatic nitrogens is 3. The largest absolute Gasteiger partial charge is 0.480 e. The number of fused-ring (bicyclic) bond motifs is 1. The Morgan fingerprint density at radius 2 is 1.82 bits per heavy atom. The van der Waals surface area contributed by atoms with Gasteiger partial charge in [-0.05, 0) is 35.9 Å². The first-order valence-corrected chi connectivity index (χ1v) is 13.8. The van der Waals surface area contributed by atoms with E-state index in [1.165, 1.54) is 25.8 Å². The molecule has 0 radical (unpaired) electrons. The first kappa shape index (κ1) is 22.7. The van der Waals surface area contributed by atoms with Crippen LogP contribution in [0.25, 0.3) is 22.0 Å². The summed E-state index contributed by atoms with van der Waals surface area (Å²) in [5.41, 5.74) is 8.12. The van der Waals surface area contributed by atoms with Gasteiger partial charge in [-0.2, -0.15) is 13.4 Å². The maximum atomic E-state index is 13.8. The van der Waals surface area contributed by atoms with E-state index >= 15 is 0 Å². The van der Waals surface area contributed by atoms with Gasteiger partial charge >= 0.3 is 0 Å². The number of methoxy groups -OCH3 is 1. The highest BCUT2D eigenvalue weighted by Gasteiger charge is 2.29. The third-order valence-electron chi connectivity index (χ3n) is 5.05. The number of rotatable bonds is 6. The minimum Gasteiger partial charge on any atom is -0.480 e. The number of sulfonamides is 1. The fourth-order valence-corrected chi connectivity index (χ4v) is 5.93. The molecule has 12 heteroatoms. The normalized spacial score (nSPS) is 13.4. The third-order valence-corrected chi connectivity index (χ3v) is 8.11. The van der Waals surface area contributed by atoms with Crippen molar-refractivity contribution in [1.82, 2.24) is 14.2 Å². The Balaban J connectivity index is 1.93. The average Bonchev–Trinajstić information content (AvgIpc) is 3.19. The second-order valence-electron chi connectivity index (χ2n) is 7.72. The van der Waals surface area contributed by atoms with Gasteiger partial charge in [-0.25, -0.2) is 13.4 Å². The molecule has 33 heavy (non-hydrogen) atoms. The molecule has 4 N–H and O–H groups in total. The van der Waals surface area contributed by atoms with Crippen LogP contribution in [0.4, 0.5) is 11.4 Å². The molecule has 0 aliphatic carbocycles. The molecule has 2 aromatic heterocycles. The summed E-state index contributed by atoms with van der Waals surface area (Å²) in [6, 6.07) is 13.1. The van der Waals surface area contributed by atoms with Crippen molar-refractivity contribution in [1.29, 1.82) is 0 Å². The van der Waals surface area contributed by atoms with E-state index in [4.69, 9.17) is 10.5 Å². The van der Waals surface area contributed by atoms with E-state index in [1.54, 1.807) is 48.5 Å². The van der Waals surface area contributed by atoms with Gasteiger partial charge < -0.3 is 10.5 Å². The van der Waals surface area contributed by atoms with Gasteiger partial charge in [-0.15, -0.1) is 0 Å². The predicted octanol–water partition coefficient (Wildman–Crippen LogP) is 2.81. The fraction of sp³-hybridized carbons (Fsp3) is 0.143. The van der Waals surface area contributed by atoms with Crippen LogP contribution < -0.4 is 15.2 Å². The highest BCUT2D eigenvalue weighted by atomic mass is 32.3. The summed E-state index contributed by atoms with van der Waals surface area (Å²) in [5.74, 6) is 0.0968. The number of ether oxygens (including phenoxy) is 1. The molecule has 0 saturated heterocycles. The highest BCUT2D eigenvalue weighted by molar-refractivity contribution is 8.13. The molecule has 2 heterocycles. The molecular formula is C21H23N5O5S2. The molecule has 174 valence electrons. The van der Waals surface area contributed by atoms with E-state index in [0.29, 0.717) is 27.7 Å². The molecule has 0 fully saturated rings. The van der Waals surface area contributed by atoms with Gasteiger partial charge in [-0.1, -0.05) is 27.7 Å². The molecule has 0 spiro atoms. The van der Waals surface area contributed by atoms with Crippen molar-refractivity contribution < 1.29 is 21.9 Å². The number of nitrogen functional groups attached to an aromatic ring is 1. The summed E-state index contributed by atoms with van der Waals surface area (Å²) in [6.07, 6.45) is 5.17. The number of hydrogen-bond acceptors (Lipinski definition) is 7. The summed E-state index contributed by atoms with van der Waals surface area (Å²) in [5, 5.41) is 4.70. The maximum Gasteiger partial charge on any atom is 0.238 e. The van der Waals surface area contributed by atoms with Gasteiger partial charge in [0.15, 0.2) is 0 Å². The fourth-order valence-electron chi connectivity index (χ4n) is 3.52. The monoisotopic (exact) mass is 489 g/mol. The van der Waals surface area contributed by atoms with E-state index in [0.717, 1.165) is 10.3 Å². The van der Waals surface area contributed by atoms with Crippen LogP contribution in [0.3, 0.4) is 0 Å². The SMILES string of the molecule is COc1ncc(-c2cc(N)c3cnn(S(C)(=O)(O)c4ccccc4)c3c2)cc1NS(C)(=O)=O. The average molecular weight is 490 g/mol. The van der Waals surface area contributed by atoms with Crippen LogP contribution >= 0.6 is 0 Å². The Hall–Kier alpha value is -3.48. The van der Waals surface area contributed by atoms with Crippen LogP contribution in [0.1, 0.15) is 0 Å². The van der Waals surface area contributed by atoms with E-state index < -0.39 is 19.6 Å². The van der Waals surface area contributed by atoms with Crippen molar-refractivity contribution >= 4 is 41.8 Å². The highest BCUT2D eigenvalue weighted by Crippen LogP contribution is 2.38. The zero-order chi connectivity index (χ0) is 24.0. The number of benzene rings is 2. The summed E-state index contributed by atoms with van der Waals surface area (Å²) < 4.78 is 57.2. The lowest BCUT2D eigenvalue weighted by molar-refractivity contribution is 0.400. The molecular weight excluding hydrogens is 466 g/mol. The minimum atomic E-state index is -4.59. The van der Waals surface area contributed by atoms with Gasteiger partial charge in [0.05, 0.1) is 30.0 Å². The molecule has 2 aromatic carbocycles. The van der Waals surface area contributed by atoms with Gasteiger partial charge in [0, 0.05) is 29.1 Å². The van der Waals surface area contributed by atoms with Crippen LogP contribution in [0, 0.1) is 0 Å². The molecule has 0 amide bonds. The second kappa shape index (κ2) is 7.54. The summed E-state index contributed by atoms with van der Waals surface area (Å²) in [6.45, 7) is 0. The molecule has 0 aliphatic rings. The smallest absolute Gasteiger partial charge is 0.238 e. The number of nitrogens with two attached hydrogens (primary N) is 1. The second-order valence-corrected chi connectivity index (χ2v) is 12.7. The lowest BCUT2D eigenvalue weighted by atomic mass is 10.0. The summed E-state index contributed by atoms with van der Waals surface area (Å²) >= 11 is 0. The molecule has 0 saturated carbocycles. The standard InChI is InChI=1S/C21H23N5O5S2/c1-31-21-19(25-32(2,27)28)10-15(12-23-21)14-9-18(22)17-13-24-26(20(17)11-14)33(3,29,30)16-7-5-4-6-8-16/h4-13,25H,22H2,1-3H3,(H,29,30). The Morgan fingerprint density at radius 3 is 2.45 bits per heavy atom. The number of nitrogens with one attached hydrogen (secondary N) is 1. The van der Waals surface area contributed by atoms with Crippen LogP contribution in [0.2, 0.25) is 0 Å². The van der Waals surface area contributed by atoms with Crippen LogP contribution in [0.5, 0.6) is 5.88 Å². The molecule has 10 nitrogen and oxygen atoms in total. The van der Waals surface area contributed by atoms with E-state index in [2.05, 4.69) is 14.8 Å². The van der Waals surface area contributed by atoms with Crippen LogP contribution in [-0.2, 0) is 19.6 Å². The van der Waals surface area contributed by atoms with Crippen molar-refractivity contribution in [3.8, 4) is 17.0 Å². The van der Waals surface area contributed by atoms with E-state index in [-0.39, 0.29) is 16.5 Å². The Kier molecular flexibility index (Phi) is 5.19. The first-order chi connectivity index (χ1) is 15.4. The number of anilines is 2. The predicted molar refractivity (Wildman–Crippen MR) is 129 cm³/mol. The molecule has 4 rings (SSSR count). The molecule has 0 atom stereocenters. The quantitative estimate of drug-likeness (QED) is 0.350. The third kappa shape index (κ3) is 4.15. The van der Waals surface area contributed by atoms with Gasteiger partial charge in [0.2, 0.25) is 15.9 Å². The Labute approximate surface area is 190 Å². The first-order valence-electron chi connectivity index (χ1n) is 9.62. The van der Waals surface area contributed by atoms with Crippen LogP contribution in [-0.4, -0.2) is 51.0 Å². The zero-order valence-electron chi connectivity index (χ0n) is 18.1. The Bertz CT molecular complexity index is 1540. The number of pyridine rings is 1. The zero-order valence-corrected chi connectivity index (χ0v) is 19.7. The van der Waals surface area contributed by atoms with Gasteiger partial charge in [0.1, 0.15) is 5.69 Å². The number of hydrogen-bond donors (Lipinski definition) is 3. The number of nitrogens with zero attached hydrogens (tertiary/aromatic N) is 3. The Morgan fingerprint density at radius 1 is 1.12 bits per heavy atom.